The molecule has 0 radical (unpaired) electrons. The molecule has 1 atom stereocenters. The molecule has 0 aliphatic carbocycles. The Balaban J connectivity index is 1.76. The number of nitrogens with two attached hydrogens (primary N) is 1. The van der Waals surface area contributed by atoms with Crippen LogP contribution >= 0.6 is 0 Å². The zero-order valence-corrected chi connectivity index (χ0v) is 12.6. The fourth-order valence-electron chi connectivity index (χ4n) is 2.71. The minimum absolute atomic E-state index is 0.501. The van der Waals surface area contributed by atoms with Crippen molar-refractivity contribution in [3.05, 3.63) is 29.8 Å². The van der Waals surface area contributed by atoms with Crippen molar-refractivity contribution in [3.8, 4) is 0 Å². The summed E-state index contributed by atoms with van der Waals surface area (Å²) in [5.74, 6) is 1.32. The maximum Gasteiger partial charge on any atom is 0.193 e. The zero-order chi connectivity index (χ0) is 14.4. The van der Waals surface area contributed by atoms with Gasteiger partial charge in [-0.2, -0.15) is 0 Å². The molecular formula is C16H26N4. The molecule has 0 aromatic heterocycles. The van der Waals surface area contributed by atoms with E-state index in [1.165, 1.54) is 31.5 Å². The standard InChI is InChI=1S/C16H26N4/c1-13-5-3-7-15(11-13)19-16(17)18-8-10-20-9-4-6-14(2)12-20/h3,5,7,11,14H,4,6,8-10,12H2,1-2H3,(H3,17,18,19). The monoisotopic (exact) mass is 274 g/mol. The minimum Gasteiger partial charge on any atom is -0.370 e. The Morgan fingerprint density at radius 2 is 2.35 bits per heavy atom. The number of nitrogens with one attached hydrogen (secondary N) is 1. The second-order valence-corrected chi connectivity index (χ2v) is 5.81. The summed E-state index contributed by atoms with van der Waals surface area (Å²) < 4.78 is 0. The molecule has 1 unspecified atom stereocenters. The zero-order valence-electron chi connectivity index (χ0n) is 12.6. The summed E-state index contributed by atoms with van der Waals surface area (Å²) in [6.07, 6.45) is 2.67. The van der Waals surface area contributed by atoms with E-state index in [1.54, 1.807) is 0 Å². The third kappa shape index (κ3) is 4.85. The number of rotatable bonds is 4. The second kappa shape index (κ2) is 7.29. The van der Waals surface area contributed by atoms with Crippen LogP contribution in [0.2, 0.25) is 0 Å². The molecule has 3 N–H and O–H groups in total. The first-order valence-corrected chi connectivity index (χ1v) is 7.49. The van der Waals surface area contributed by atoms with Crippen molar-refractivity contribution in [3.63, 3.8) is 0 Å². The van der Waals surface area contributed by atoms with Gasteiger partial charge in [0.05, 0.1) is 6.54 Å². The number of hydrogen-bond donors (Lipinski definition) is 2. The van der Waals surface area contributed by atoms with Gasteiger partial charge in [0.25, 0.3) is 0 Å². The molecule has 110 valence electrons. The third-order valence-corrected chi connectivity index (χ3v) is 3.73. The van der Waals surface area contributed by atoms with Gasteiger partial charge in [-0.05, 0) is 49.9 Å². The van der Waals surface area contributed by atoms with Crippen molar-refractivity contribution in [1.29, 1.82) is 0 Å². The Hall–Kier alpha value is -1.55. The van der Waals surface area contributed by atoms with Gasteiger partial charge < -0.3 is 16.0 Å². The fraction of sp³-hybridized carbons (Fsp3) is 0.562. The smallest absolute Gasteiger partial charge is 0.193 e. The summed E-state index contributed by atoms with van der Waals surface area (Å²) in [7, 11) is 0. The van der Waals surface area contributed by atoms with Gasteiger partial charge in [-0.25, -0.2) is 0 Å². The van der Waals surface area contributed by atoms with E-state index in [0.29, 0.717) is 5.96 Å². The van der Waals surface area contributed by atoms with Crippen LogP contribution in [0.5, 0.6) is 0 Å². The molecule has 0 amide bonds. The van der Waals surface area contributed by atoms with Gasteiger partial charge in [-0.15, -0.1) is 0 Å². The van der Waals surface area contributed by atoms with Crippen molar-refractivity contribution in [2.24, 2.45) is 16.6 Å². The molecule has 0 saturated carbocycles. The number of hydrogen-bond acceptors (Lipinski definition) is 2. The number of piperidine rings is 1. The van der Waals surface area contributed by atoms with Crippen LogP contribution in [0.25, 0.3) is 0 Å². The number of anilines is 1. The largest absolute Gasteiger partial charge is 0.370 e. The molecule has 0 spiro atoms. The summed E-state index contributed by atoms with van der Waals surface area (Å²) in [4.78, 5) is 6.89. The minimum atomic E-state index is 0.501. The summed E-state index contributed by atoms with van der Waals surface area (Å²) >= 11 is 0. The normalized spacial score (nSPS) is 20.9. The van der Waals surface area contributed by atoms with Gasteiger partial charge in [-0.1, -0.05) is 19.1 Å². The van der Waals surface area contributed by atoms with E-state index >= 15 is 0 Å². The number of aliphatic imine (C=N–C) groups is 1. The lowest BCUT2D eigenvalue weighted by molar-refractivity contribution is 0.189. The van der Waals surface area contributed by atoms with Crippen LogP contribution in [0.3, 0.4) is 0 Å². The number of likely N-dealkylation sites (tertiary alicyclic amines) is 1. The Morgan fingerprint density at radius 1 is 1.50 bits per heavy atom. The van der Waals surface area contributed by atoms with E-state index in [0.717, 1.165) is 24.7 Å². The lowest BCUT2D eigenvalue weighted by Crippen LogP contribution is -2.36. The quantitative estimate of drug-likeness (QED) is 0.655. The van der Waals surface area contributed by atoms with Gasteiger partial charge in [0, 0.05) is 18.8 Å². The number of benzene rings is 1. The summed E-state index contributed by atoms with van der Waals surface area (Å²) in [5, 5.41) is 3.14. The van der Waals surface area contributed by atoms with Crippen LogP contribution in [0, 0.1) is 12.8 Å². The van der Waals surface area contributed by atoms with Gasteiger partial charge in [0.2, 0.25) is 0 Å². The molecule has 0 bridgehead atoms. The molecule has 20 heavy (non-hydrogen) atoms. The van der Waals surface area contributed by atoms with Crippen LogP contribution in [-0.4, -0.2) is 37.0 Å². The molecule has 1 aromatic carbocycles. The molecule has 2 rings (SSSR count). The highest BCUT2D eigenvalue weighted by Crippen LogP contribution is 2.14. The first-order valence-electron chi connectivity index (χ1n) is 7.49. The van der Waals surface area contributed by atoms with Crippen molar-refractivity contribution in [1.82, 2.24) is 4.90 Å². The molecule has 1 fully saturated rings. The van der Waals surface area contributed by atoms with E-state index in [1.807, 2.05) is 12.1 Å². The predicted molar refractivity (Wildman–Crippen MR) is 86.1 cm³/mol. The Labute approximate surface area is 122 Å². The van der Waals surface area contributed by atoms with E-state index < -0.39 is 0 Å². The molecule has 1 aromatic rings. The fourth-order valence-corrected chi connectivity index (χ4v) is 2.71. The van der Waals surface area contributed by atoms with E-state index in [2.05, 4.69) is 41.2 Å². The molecule has 1 saturated heterocycles. The van der Waals surface area contributed by atoms with E-state index in [-0.39, 0.29) is 0 Å². The van der Waals surface area contributed by atoms with E-state index in [4.69, 9.17) is 5.73 Å². The maximum absolute atomic E-state index is 5.92. The SMILES string of the molecule is Cc1cccc(NC(N)=NCCN2CCCC(C)C2)c1. The van der Waals surface area contributed by atoms with Crippen LogP contribution in [-0.2, 0) is 0 Å². The first-order chi connectivity index (χ1) is 9.63. The molecule has 4 heteroatoms. The van der Waals surface area contributed by atoms with Crippen LogP contribution in [0.4, 0.5) is 5.69 Å². The Bertz CT molecular complexity index is 456. The summed E-state index contributed by atoms with van der Waals surface area (Å²) in [5.41, 5.74) is 8.13. The van der Waals surface area contributed by atoms with Gasteiger partial charge in [0.15, 0.2) is 5.96 Å². The summed E-state index contributed by atoms with van der Waals surface area (Å²) in [6, 6.07) is 8.15. The molecule has 1 aliphatic heterocycles. The van der Waals surface area contributed by atoms with Crippen molar-refractivity contribution >= 4 is 11.6 Å². The lowest BCUT2D eigenvalue weighted by atomic mass is 10.0. The second-order valence-electron chi connectivity index (χ2n) is 5.81. The first kappa shape index (κ1) is 14.9. The molecular weight excluding hydrogens is 248 g/mol. The average Bonchev–Trinajstić information content (AvgIpc) is 2.38. The number of aryl methyl sites for hydroxylation is 1. The van der Waals surface area contributed by atoms with Gasteiger partial charge in [0.1, 0.15) is 0 Å². The molecule has 4 nitrogen and oxygen atoms in total. The van der Waals surface area contributed by atoms with Crippen molar-refractivity contribution in [2.75, 3.05) is 31.5 Å². The number of guanidine groups is 1. The number of nitrogens with zero attached hydrogens (tertiary/aromatic N) is 2. The van der Waals surface area contributed by atoms with E-state index in [9.17, 15) is 0 Å². The Kier molecular flexibility index (Phi) is 5.41. The molecule has 1 aliphatic rings. The van der Waals surface area contributed by atoms with Gasteiger partial charge >= 0.3 is 0 Å². The maximum atomic E-state index is 5.92. The van der Waals surface area contributed by atoms with Crippen LogP contribution in [0.1, 0.15) is 25.3 Å². The lowest BCUT2D eigenvalue weighted by Gasteiger charge is -2.30. The highest BCUT2D eigenvalue weighted by atomic mass is 15.2. The molecule has 1 heterocycles. The summed E-state index contributed by atoms with van der Waals surface area (Å²) in [6.45, 7) is 8.54. The van der Waals surface area contributed by atoms with Crippen LogP contribution < -0.4 is 11.1 Å². The average molecular weight is 274 g/mol. The van der Waals surface area contributed by atoms with Crippen LogP contribution in [0.15, 0.2) is 29.3 Å². The highest BCUT2D eigenvalue weighted by Gasteiger charge is 2.15. The van der Waals surface area contributed by atoms with Crippen molar-refractivity contribution in [2.45, 2.75) is 26.7 Å². The highest BCUT2D eigenvalue weighted by molar-refractivity contribution is 5.92. The van der Waals surface area contributed by atoms with Gasteiger partial charge in [-0.3, -0.25) is 4.99 Å². The topological polar surface area (TPSA) is 53.6 Å². The third-order valence-electron chi connectivity index (χ3n) is 3.73. The Morgan fingerprint density at radius 3 is 3.10 bits per heavy atom. The van der Waals surface area contributed by atoms with Crippen molar-refractivity contribution < 1.29 is 0 Å². The predicted octanol–water partition coefficient (Wildman–Crippen LogP) is 2.45.